The first kappa shape index (κ1) is 11.2. The van der Waals surface area contributed by atoms with Gasteiger partial charge in [-0.2, -0.15) is 0 Å². The van der Waals surface area contributed by atoms with Crippen LogP contribution in [0.5, 0.6) is 0 Å². The molecule has 0 bridgehead atoms. The molecular formula is C9H16O3. The van der Waals surface area contributed by atoms with E-state index in [9.17, 15) is 4.79 Å². The van der Waals surface area contributed by atoms with Crippen molar-refractivity contribution >= 4 is 5.97 Å². The van der Waals surface area contributed by atoms with Crippen molar-refractivity contribution in [3.05, 3.63) is 12.2 Å². The van der Waals surface area contributed by atoms with Crippen molar-refractivity contribution in [2.75, 3.05) is 13.2 Å². The number of rotatable bonds is 6. The summed E-state index contributed by atoms with van der Waals surface area (Å²) in [6.45, 7) is 5.70. The van der Waals surface area contributed by atoms with Crippen molar-refractivity contribution < 1.29 is 14.6 Å². The molecule has 0 aromatic carbocycles. The van der Waals surface area contributed by atoms with E-state index < -0.39 is 0 Å². The van der Waals surface area contributed by atoms with Crippen LogP contribution in [-0.4, -0.2) is 24.3 Å². The predicted molar refractivity (Wildman–Crippen MR) is 46.7 cm³/mol. The van der Waals surface area contributed by atoms with Gasteiger partial charge in [0.15, 0.2) is 0 Å². The van der Waals surface area contributed by atoms with Gasteiger partial charge in [-0.1, -0.05) is 6.58 Å². The lowest BCUT2D eigenvalue weighted by Gasteiger charge is -2.02. The van der Waals surface area contributed by atoms with Gasteiger partial charge in [0.25, 0.3) is 0 Å². The Morgan fingerprint density at radius 3 is 2.58 bits per heavy atom. The molecule has 0 radical (unpaired) electrons. The van der Waals surface area contributed by atoms with E-state index in [1.54, 1.807) is 6.92 Å². The number of esters is 1. The fourth-order valence-electron chi connectivity index (χ4n) is 0.679. The molecule has 0 unspecified atom stereocenters. The van der Waals surface area contributed by atoms with Gasteiger partial charge in [0, 0.05) is 12.2 Å². The zero-order valence-corrected chi connectivity index (χ0v) is 7.51. The number of hydrogen-bond acceptors (Lipinski definition) is 3. The monoisotopic (exact) mass is 172 g/mol. The lowest BCUT2D eigenvalue weighted by Crippen LogP contribution is -2.06. The summed E-state index contributed by atoms with van der Waals surface area (Å²) < 4.78 is 4.83. The van der Waals surface area contributed by atoms with E-state index >= 15 is 0 Å². The van der Waals surface area contributed by atoms with Gasteiger partial charge in [0.05, 0.1) is 6.61 Å². The second-order valence-electron chi connectivity index (χ2n) is 2.70. The van der Waals surface area contributed by atoms with Crippen LogP contribution in [0.1, 0.15) is 26.2 Å². The highest BCUT2D eigenvalue weighted by molar-refractivity contribution is 5.86. The van der Waals surface area contributed by atoms with Crippen molar-refractivity contribution in [2.24, 2.45) is 0 Å². The molecule has 0 heterocycles. The summed E-state index contributed by atoms with van der Waals surface area (Å²) in [5.74, 6) is -0.334. The number of ether oxygens (including phenoxy) is 1. The molecule has 12 heavy (non-hydrogen) atoms. The van der Waals surface area contributed by atoms with Crippen LogP contribution in [0.2, 0.25) is 0 Å². The second kappa shape index (κ2) is 6.85. The second-order valence-corrected chi connectivity index (χ2v) is 2.70. The van der Waals surface area contributed by atoms with Crippen LogP contribution >= 0.6 is 0 Å². The Kier molecular flexibility index (Phi) is 6.38. The molecule has 0 aliphatic rings. The van der Waals surface area contributed by atoms with Crippen LogP contribution in [0.4, 0.5) is 0 Å². The van der Waals surface area contributed by atoms with Crippen LogP contribution in [0.15, 0.2) is 12.2 Å². The van der Waals surface area contributed by atoms with Crippen molar-refractivity contribution in [3.63, 3.8) is 0 Å². The molecule has 0 aromatic heterocycles. The SMILES string of the molecule is C=C(C)C(=O)OCCCCCO. The van der Waals surface area contributed by atoms with Gasteiger partial charge in [-0.3, -0.25) is 0 Å². The van der Waals surface area contributed by atoms with E-state index in [0.717, 1.165) is 19.3 Å². The molecule has 0 aliphatic heterocycles. The van der Waals surface area contributed by atoms with Crippen LogP contribution in [0.25, 0.3) is 0 Å². The molecule has 0 amide bonds. The minimum Gasteiger partial charge on any atom is -0.462 e. The summed E-state index contributed by atoms with van der Waals surface area (Å²) >= 11 is 0. The maximum absolute atomic E-state index is 10.8. The number of hydrogen-bond donors (Lipinski definition) is 1. The first-order valence-corrected chi connectivity index (χ1v) is 4.12. The van der Waals surface area contributed by atoms with Gasteiger partial charge < -0.3 is 9.84 Å². The summed E-state index contributed by atoms with van der Waals surface area (Å²) in [5.41, 5.74) is 0.428. The molecule has 1 N–H and O–H groups in total. The molecular weight excluding hydrogens is 156 g/mol. The van der Waals surface area contributed by atoms with E-state index in [-0.39, 0.29) is 12.6 Å². The molecule has 3 heteroatoms. The van der Waals surface area contributed by atoms with Crippen molar-refractivity contribution in [1.82, 2.24) is 0 Å². The number of unbranched alkanes of at least 4 members (excludes halogenated alkanes) is 2. The third kappa shape index (κ3) is 5.92. The quantitative estimate of drug-likeness (QED) is 0.373. The smallest absolute Gasteiger partial charge is 0.333 e. The van der Waals surface area contributed by atoms with Gasteiger partial charge in [-0.15, -0.1) is 0 Å². The normalized spacial score (nSPS) is 9.50. The van der Waals surface area contributed by atoms with Crippen LogP contribution in [-0.2, 0) is 9.53 Å². The maximum Gasteiger partial charge on any atom is 0.333 e. The molecule has 0 atom stereocenters. The van der Waals surface area contributed by atoms with Crippen LogP contribution in [0.3, 0.4) is 0 Å². The van der Waals surface area contributed by atoms with Crippen molar-refractivity contribution in [1.29, 1.82) is 0 Å². The van der Waals surface area contributed by atoms with Crippen molar-refractivity contribution in [2.45, 2.75) is 26.2 Å². The molecule has 0 aromatic rings. The zero-order valence-electron chi connectivity index (χ0n) is 7.51. The summed E-state index contributed by atoms with van der Waals surface area (Å²) in [6.07, 6.45) is 2.46. The minimum absolute atomic E-state index is 0.203. The van der Waals surface area contributed by atoms with E-state index in [1.807, 2.05) is 0 Å². The van der Waals surface area contributed by atoms with Gasteiger partial charge in [0.1, 0.15) is 0 Å². The highest BCUT2D eigenvalue weighted by Crippen LogP contribution is 1.97. The van der Waals surface area contributed by atoms with E-state index in [2.05, 4.69) is 6.58 Å². The molecule has 0 fully saturated rings. The van der Waals surface area contributed by atoms with Gasteiger partial charge in [-0.05, 0) is 26.2 Å². The largest absolute Gasteiger partial charge is 0.462 e. The first-order chi connectivity index (χ1) is 5.68. The summed E-state index contributed by atoms with van der Waals surface area (Å²) in [4.78, 5) is 10.8. The third-order valence-electron chi connectivity index (χ3n) is 1.38. The third-order valence-corrected chi connectivity index (χ3v) is 1.38. The fourth-order valence-corrected chi connectivity index (χ4v) is 0.679. The lowest BCUT2D eigenvalue weighted by molar-refractivity contribution is -0.139. The minimum atomic E-state index is -0.334. The maximum atomic E-state index is 10.8. The Morgan fingerprint density at radius 2 is 2.08 bits per heavy atom. The Bertz CT molecular complexity index is 152. The Morgan fingerprint density at radius 1 is 1.42 bits per heavy atom. The number of aliphatic hydroxyl groups is 1. The Labute approximate surface area is 73.0 Å². The fraction of sp³-hybridized carbons (Fsp3) is 0.667. The number of carbonyl (C=O) groups excluding carboxylic acids is 1. The molecule has 0 spiro atoms. The molecule has 3 nitrogen and oxygen atoms in total. The lowest BCUT2D eigenvalue weighted by atomic mass is 10.2. The van der Waals surface area contributed by atoms with Gasteiger partial charge >= 0.3 is 5.97 Å². The molecule has 70 valence electrons. The number of aliphatic hydroxyl groups excluding tert-OH is 1. The highest BCUT2D eigenvalue weighted by Gasteiger charge is 2.01. The molecule has 0 aliphatic carbocycles. The van der Waals surface area contributed by atoms with Crippen molar-refractivity contribution in [3.8, 4) is 0 Å². The Hall–Kier alpha value is -0.830. The molecule has 0 saturated heterocycles. The van der Waals surface area contributed by atoms with Gasteiger partial charge in [-0.25, -0.2) is 4.79 Å². The average Bonchev–Trinajstić information content (AvgIpc) is 2.03. The predicted octanol–water partition coefficient (Wildman–Crippen LogP) is 1.27. The van der Waals surface area contributed by atoms with Gasteiger partial charge in [0.2, 0.25) is 0 Å². The first-order valence-electron chi connectivity index (χ1n) is 4.12. The summed E-state index contributed by atoms with van der Waals surface area (Å²) in [7, 11) is 0. The standard InChI is InChI=1S/C9H16O3/c1-8(2)9(11)12-7-5-3-4-6-10/h10H,1,3-7H2,2H3. The number of carbonyl (C=O) groups is 1. The average molecular weight is 172 g/mol. The highest BCUT2D eigenvalue weighted by atomic mass is 16.5. The Balaban J connectivity index is 3.20. The zero-order chi connectivity index (χ0) is 9.40. The van der Waals surface area contributed by atoms with Crippen LogP contribution in [0, 0.1) is 0 Å². The molecule has 0 saturated carbocycles. The topological polar surface area (TPSA) is 46.5 Å². The van der Waals surface area contributed by atoms with Crippen LogP contribution < -0.4 is 0 Å². The molecule has 0 rings (SSSR count). The van der Waals surface area contributed by atoms with E-state index in [4.69, 9.17) is 9.84 Å². The van der Waals surface area contributed by atoms with E-state index in [1.165, 1.54) is 0 Å². The summed E-state index contributed by atoms with van der Waals surface area (Å²) in [5, 5.41) is 8.44. The summed E-state index contributed by atoms with van der Waals surface area (Å²) in [6, 6.07) is 0. The van der Waals surface area contributed by atoms with E-state index in [0.29, 0.717) is 12.2 Å².